The molecule has 128 valence electrons. The molecule has 7 nitrogen and oxygen atoms in total. The molecule has 0 atom stereocenters. The Hall–Kier alpha value is -3.35. The number of carboxylic acid groups (broad SMARTS) is 1. The minimum absolute atomic E-state index is 0.101. The first-order valence-corrected chi connectivity index (χ1v) is 7.56. The maximum Gasteiger partial charge on any atom is 0.358 e. The average molecular weight is 339 g/mol. The Labute approximate surface area is 144 Å². The maximum atomic E-state index is 11.5. The fraction of sp³-hybridized carbons (Fsp3) is 0.167. The molecule has 0 fully saturated rings. The quantitative estimate of drug-likeness (QED) is 0.743. The van der Waals surface area contributed by atoms with Gasteiger partial charge in [0.1, 0.15) is 17.2 Å². The Morgan fingerprint density at radius 2 is 1.76 bits per heavy atom. The van der Waals surface area contributed by atoms with Crippen LogP contribution in [0.3, 0.4) is 0 Å². The number of nitrogens with zero attached hydrogens (tertiary/aromatic N) is 3. The van der Waals surface area contributed by atoms with Crippen molar-refractivity contribution in [2.75, 3.05) is 14.2 Å². The van der Waals surface area contributed by atoms with E-state index in [-0.39, 0.29) is 5.69 Å². The Bertz CT molecular complexity index is 905. The smallest absolute Gasteiger partial charge is 0.358 e. The highest BCUT2D eigenvalue weighted by Crippen LogP contribution is 2.27. The van der Waals surface area contributed by atoms with Crippen molar-refractivity contribution in [2.45, 2.75) is 6.54 Å². The molecule has 1 aromatic heterocycles. The summed E-state index contributed by atoms with van der Waals surface area (Å²) in [5, 5.41) is 17.3. The number of ether oxygens (including phenoxy) is 2. The lowest BCUT2D eigenvalue weighted by molar-refractivity contribution is 0.0691. The van der Waals surface area contributed by atoms with Gasteiger partial charge in [-0.25, -0.2) is 9.48 Å². The minimum Gasteiger partial charge on any atom is -0.497 e. The molecule has 0 aliphatic heterocycles. The molecule has 0 spiro atoms. The van der Waals surface area contributed by atoms with Gasteiger partial charge in [0, 0.05) is 5.56 Å². The molecule has 0 saturated heterocycles. The van der Waals surface area contributed by atoms with Crippen LogP contribution in [0.2, 0.25) is 0 Å². The summed E-state index contributed by atoms with van der Waals surface area (Å²) in [6, 6.07) is 14.6. The Morgan fingerprint density at radius 3 is 2.44 bits per heavy atom. The summed E-state index contributed by atoms with van der Waals surface area (Å²) in [5.74, 6) is 0.219. The Kier molecular flexibility index (Phi) is 4.65. The van der Waals surface area contributed by atoms with Crippen LogP contribution >= 0.6 is 0 Å². The molecule has 25 heavy (non-hydrogen) atoms. The molecule has 7 heteroatoms. The fourth-order valence-corrected chi connectivity index (χ4v) is 2.57. The number of benzene rings is 2. The average Bonchev–Trinajstić information content (AvgIpc) is 3.05. The molecule has 0 bridgehead atoms. The van der Waals surface area contributed by atoms with E-state index in [0.717, 1.165) is 11.3 Å². The van der Waals surface area contributed by atoms with Gasteiger partial charge in [-0.2, -0.15) is 0 Å². The van der Waals surface area contributed by atoms with E-state index < -0.39 is 5.97 Å². The van der Waals surface area contributed by atoms with E-state index in [9.17, 15) is 9.90 Å². The number of hydrogen-bond acceptors (Lipinski definition) is 5. The monoisotopic (exact) mass is 339 g/mol. The number of hydrogen-bond donors (Lipinski definition) is 1. The van der Waals surface area contributed by atoms with Crippen molar-refractivity contribution in [3.63, 3.8) is 0 Å². The molecule has 0 aliphatic carbocycles. The van der Waals surface area contributed by atoms with E-state index in [1.165, 1.54) is 0 Å². The molecular formula is C18H17N3O4. The van der Waals surface area contributed by atoms with Crippen molar-refractivity contribution in [2.24, 2.45) is 0 Å². The summed E-state index contributed by atoms with van der Waals surface area (Å²) in [6.07, 6.45) is 0. The lowest BCUT2D eigenvalue weighted by atomic mass is 10.1. The zero-order valence-electron chi connectivity index (χ0n) is 13.8. The number of carbonyl (C=O) groups is 1. The van der Waals surface area contributed by atoms with Crippen LogP contribution in [-0.2, 0) is 6.54 Å². The summed E-state index contributed by atoms with van der Waals surface area (Å²) in [5.41, 5.74) is 1.92. The first kappa shape index (κ1) is 16.5. The van der Waals surface area contributed by atoms with Gasteiger partial charge in [-0.15, -0.1) is 5.10 Å². The summed E-state index contributed by atoms with van der Waals surface area (Å²) >= 11 is 0. The predicted molar refractivity (Wildman–Crippen MR) is 91.1 cm³/mol. The highest BCUT2D eigenvalue weighted by molar-refractivity contribution is 5.92. The third-order valence-electron chi connectivity index (χ3n) is 3.75. The predicted octanol–water partition coefficient (Wildman–Crippen LogP) is 2.71. The molecule has 0 aliphatic rings. The van der Waals surface area contributed by atoms with Gasteiger partial charge >= 0.3 is 5.97 Å². The van der Waals surface area contributed by atoms with Gasteiger partial charge < -0.3 is 14.6 Å². The lowest BCUT2D eigenvalue weighted by Gasteiger charge is -2.10. The van der Waals surface area contributed by atoms with E-state index in [1.54, 1.807) is 43.2 Å². The topological polar surface area (TPSA) is 86.5 Å². The molecule has 1 heterocycles. The molecule has 2 aromatic carbocycles. The van der Waals surface area contributed by atoms with E-state index in [0.29, 0.717) is 23.6 Å². The highest BCUT2D eigenvalue weighted by atomic mass is 16.5. The molecule has 1 N–H and O–H groups in total. The number of aromatic carboxylic acids is 1. The minimum atomic E-state index is -1.13. The first-order chi connectivity index (χ1) is 12.1. The van der Waals surface area contributed by atoms with Crippen molar-refractivity contribution >= 4 is 5.97 Å². The maximum absolute atomic E-state index is 11.5. The Morgan fingerprint density at radius 1 is 1.08 bits per heavy atom. The second kappa shape index (κ2) is 7.04. The van der Waals surface area contributed by atoms with Gasteiger partial charge in [-0.3, -0.25) is 0 Å². The molecule has 0 amide bonds. The van der Waals surface area contributed by atoms with Crippen molar-refractivity contribution in [3.05, 3.63) is 59.8 Å². The van der Waals surface area contributed by atoms with Crippen LogP contribution in [0, 0.1) is 0 Å². The zero-order chi connectivity index (χ0) is 17.8. The third kappa shape index (κ3) is 3.45. The molecule has 3 aromatic rings. The second-order valence-electron chi connectivity index (χ2n) is 5.33. The van der Waals surface area contributed by atoms with Crippen LogP contribution in [0.1, 0.15) is 16.1 Å². The standard InChI is InChI=1S/C18H17N3O4/c1-24-14-7-3-5-12(9-14)11-21-17(16(18(22)23)19-20-21)13-6-4-8-15(10-13)25-2/h3-10H,11H2,1-2H3,(H,22,23). The van der Waals surface area contributed by atoms with Gasteiger partial charge in [0.15, 0.2) is 5.69 Å². The summed E-state index contributed by atoms with van der Waals surface area (Å²) in [7, 11) is 3.15. The summed E-state index contributed by atoms with van der Waals surface area (Å²) < 4.78 is 12.0. The fourth-order valence-electron chi connectivity index (χ4n) is 2.57. The number of methoxy groups -OCH3 is 2. The molecule has 0 radical (unpaired) electrons. The van der Waals surface area contributed by atoms with E-state index in [4.69, 9.17) is 9.47 Å². The van der Waals surface area contributed by atoms with Gasteiger partial charge in [-0.1, -0.05) is 29.5 Å². The number of carboxylic acids is 1. The largest absolute Gasteiger partial charge is 0.497 e. The van der Waals surface area contributed by atoms with Crippen molar-refractivity contribution in [3.8, 4) is 22.8 Å². The molecule has 0 saturated carbocycles. The van der Waals surface area contributed by atoms with Crippen LogP contribution in [0.4, 0.5) is 0 Å². The molecule has 0 unspecified atom stereocenters. The van der Waals surface area contributed by atoms with Crippen LogP contribution in [0.15, 0.2) is 48.5 Å². The van der Waals surface area contributed by atoms with E-state index in [1.807, 2.05) is 24.3 Å². The number of aromatic nitrogens is 3. The van der Waals surface area contributed by atoms with Crippen molar-refractivity contribution in [1.29, 1.82) is 0 Å². The van der Waals surface area contributed by atoms with Gasteiger partial charge in [0.05, 0.1) is 20.8 Å². The first-order valence-electron chi connectivity index (χ1n) is 7.56. The summed E-state index contributed by atoms with van der Waals surface area (Å²) in [4.78, 5) is 11.5. The van der Waals surface area contributed by atoms with Gasteiger partial charge in [0.25, 0.3) is 0 Å². The van der Waals surface area contributed by atoms with Gasteiger partial charge in [-0.05, 0) is 29.8 Å². The van der Waals surface area contributed by atoms with Crippen LogP contribution < -0.4 is 9.47 Å². The van der Waals surface area contributed by atoms with Crippen molar-refractivity contribution in [1.82, 2.24) is 15.0 Å². The van der Waals surface area contributed by atoms with Crippen LogP contribution in [-0.4, -0.2) is 40.3 Å². The van der Waals surface area contributed by atoms with Crippen LogP contribution in [0.5, 0.6) is 11.5 Å². The van der Waals surface area contributed by atoms with Crippen LogP contribution in [0.25, 0.3) is 11.3 Å². The summed E-state index contributed by atoms with van der Waals surface area (Å²) in [6.45, 7) is 0.365. The van der Waals surface area contributed by atoms with E-state index >= 15 is 0 Å². The lowest BCUT2D eigenvalue weighted by Crippen LogP contribution is -2.06. The second-order valence-corrected chi connectivity index (χ2v) is 5.33. The highest BCUT2D eigenvalue weighted by Gasteiger charge is 2.21. The SMILES string of the molecule is COc1cccc(Cn2nnc(C(=O)O)c2-c2cccc(OC)c2)c1. The molecule has 3 rings (SSSR count). The van der Waals surface area contributed by atoms with Crippen molar-refractivity contribution < 1.29 is 19.4 Å². The Balaban J connectivity index is 2.06. The third-order valence-corrected chi connectivity index (χ3v) is 3.75. The van der Waals surface area contributed by atoms with Gasteiger partial charge in [0.2, 0.25) is 0 Å². The normalized spacial score (nSPS) is 10.5. The van der Waals surface area contributed by atoms with E-state index in [2.05, 4.69) is 10.3 Å². The number of rotatable bonds is 6. The zero-order valence-corrected chi connectivity index (χ0v) is 13.8. The molecular weight excluding hydrogens is 322 g/mol.